The minimum absolute atomic E-state index is 0.112. The van der Waals surface area contributed by atoms with Crippen LogP contribution in [0, 0.1) is 0 Å². The van der Waals surface area contributed by atoms with Gasteiger partial charge in [0.1, 0.15) is 12.6 Å². The van der Waals surface area contributed by atoms with Crippen LogP contribution in [0.2, 0.25) is 5.02 Å². The summed E-state index contributed by atoms with van der Waals surface area (Å²) in [6.45, 7) is 0.633. The van der Waals surface area contributed by atoms with Crippen molar-refractivity contribution in [1.82, 2.24) is 9.47 Å². The molecule has 1 unspecified atom stereocenters. The molecule has 0 saturated carbocycles. The van der Waals surface area contributed by atoms with Crippen molar-refractivity contribution in [3.63, 3.8) is 0 Å². The maximum atomic E-state index is 12.7. The lowest BCUT2D eigenvalue weighted by Gasteiger charge is -2.32. The van der Waals surface area contributed by atoms with Crippen LogP contribution in [-0.4, -0.2) is 51.6 Å². The number of benzene rings is 1. The van der Waals surface area contributed by atoms with Gasteiger partial charge in [0, 0.05) is 11.6 Å². The number of fused-ring (bicyclic) bond motifs is 1. The van der Waals surface area contributed by atoms with E-state index in [0.717, 1.165) is 16.0 Å². The maximum Gasteiger partial charge on any atom is 0.308 e. The number of nitrogens with zero attached hydrogens (tertiary/aromatic N) is 2. The summed E-state index contributed by atoms with van der Waals surface area (Å²) in [5.74, 6) is -1.89. The smallest absolute Gasteiger partial charge is 0.308 e. The molecule has 2 aromatic rings. The van der Waals surface area contributed by atoms with Gasteiger partial charge in [-0.25, -0.2) is 0 Å². The second kappa shape index (κ2) is 8.74. The second-order valence-electron chi connectivity index (χ2n) is 6.55. The quantitative estimate of drug-likeness (QED) is 0.709. The fourth-order valence-electron chi connectivity index (χ4n) is 3.13. The maximum absolute atomic E-state index is 12.7. The standard InChI is InChI=1S/C18H19ClN2O6S/c19-11-3-4-14-13(8-11)21(18(26)28-14)10-15(22)20-7-1-2-12(9-20)27-17(25)6-5-16(23)24/h3-4,8,12H,1-2,5-7,9-10H2,(H,23,24). The van der Waals surface area contributed by atoms with Crippen molar-refractivity contribution < 1.29 is 24.2 Å². The van der Waals surface area contributed by atoms with Crippen molar-refractivity contribution in [2.75, 3.05) is 13.1 Å². The number of rotatable bonds is 6. The van der Waals surface area contributed by atoms with E-state index in [-0.39, 0.29) is 36.7 Å². The van der Waals surface area contributed by atoms with Crippen LogP contribution < -0.4 is 4.87 Å². The van der Waals surface area contributed by atoms with Gasteiger partial charge in [-0.2, -0.15) is 0 Å². The summed E-state index contributed by atoms with van der Waals surface area (Å²) >= 11 is 7.06. The van der Waals surface area contributed by atoms with Crippen molar-refractivity contribution in [1.29, 1.82) is 0 Å². The molecule has 1 atom stereocenters. The fraction of sp³-hybridized carbons (Fsp3) is 0.444. The highest BCUT2D eigenvalue weighted by molar-refractivity contribution is 7.16. The lowest BCUT2D eigenvalue weighted by Crippen LogP contribution is -2.45. The Balaban J connectivity index is 1.64. The number of thiazole rings is 1. The zero-order valence-electron chi connectivity index (χ0n) is 14.9. The molecule has 1 aromatic carbocycles. The van der Waals surface area contributed by atoms with E-state index in [1.165, 1.54) is 4.57 Å². The highest BCUT2D eigenvalue weighted by Gasteiger charge is 2.27. The minimum Gasteiger partial charge on any atom is -0.481 e. The molecule has 0 spiro atoms. The second-order valence-corrected chi connectivity index (χ2v) is 7.98. The first-order valence-corrected chi connectivity index (χ1v) is 10.0. The van der Waals surface area contributed by atoms with Crippen molar-refractivity contribution in [2.45, 2.75) is 38.3 Å². The first-order chi connectivity index (χ1) is 13.3. The number of carbonyl (C=O) groups excluding carboxylic acids is 2. The molecule has 2 heterocycles. The molecular weight excluding hydrogens is 408 g/mol. The van der Waals surface area contributed by atoms with Gasteiger partial charge in [0.25, 0.3) is 0 Å². The lowest BCUT2D eigenvalue weighted by molar-refractivity contribution is -0.156. The molecule has 1 saturated heterocycles. The molecule has 28 heavy (non-hydrogen) atoms. The first kappa shape index (κ1) is 20.3. The van der Waals surface area contributed by atoms with E-state index in [4.69, 9.17) is 21.4 Å². The van der Waals surface area contributed by atoms with Gasteiger partial charge in [0.05, 0.1) is 29.6 Å². The van der Waals surface area contributed by atoms with Crippen LogP contribution in [0.5, 0.6) is 0 Å². The van der Waals surface area contributed by atoms with Gasteiger partial charge in [0.2, 0.25) is 5.91 Å². The predicted octanol–water partition coefficient (Wildman–Crippen LogP) is 2.12. The third-order valence-electron chi connectivity index (χ3n) is 4.49. The summed E-state index contributed by atoms with van der Waals surface area (Å²) in [6.07, 6.45) is 0.319. The Labute approximate surface area is 169 Å². The fourth-order valence-corrected chi connectivity index (χ4v) is 4.17. The van der Waals surface area contributed by atoms with Crippen molar-refractivity contribution in [3.05, 3.63) is 32.9 Å². The number of aromatic nitrogens is 1. The van der Waals surface area contributed by atoms with Crippen LogP contribution in [0.15, 0.2) is 23.0 Å². The largest absolute Gasteiger partial charge is 0.481 e. The number of hydrogen-bond acceptors (Lipinski definition) is 6. The first-order valence-electron chi connectivity index (χ1n) is 8.81. The Hall–Kier alpha value is -2.39. The zero-order chi connectivity index (χ0) is 20.3. The van der Waals surface area contributed by atoms with E-state index < -0.39 is 18.0 Å². The van der Waals surface area contributed by atoms with Gasteiger partial charge in [-0.15, -0.1) is 0 Å². The summed E-state index contributed by atoms with van der Waals surface area (Å²) in [5, 5.41) is 9.11. The van der Waals surface area contributed by atoms with Gasteiger partial charge in [-0.1, -0.05) is 22.9 Å². The molecule has 1 aromatic heterocycles. The normalized spacial score (nSPS) is 16.9. The number of carboxylic acids is 1. The van der Waals surface area contributed by atoms with E-state index in [1.807, 2.05) is 0 Å². The number of esters is 1. The zero-order valence-corrected chi connectivity index (χ0v) is 16.5. The monoisotopic (exact) mass is 426 g/mol. The number of ether oxygens (including phenoxy) is 1. The van der Waals surface area contributed by atoms with E-state index in [1.54, 1.807) is 23.1 Å². The van der Waals surface area contributed by atoms with E-state index in [9.17, 15) is 19.2 Å². The van der Waals surface area contributed by atoms with Crippen LogP contribution in [0.25, 0.3) is 10.2 Å². The molecule has 0 bridgehead atoms. The summed E-state index contributed by atoms with van der Waals surface area (Å²) in [4.78, 5) is 48.6. The number of piperidine rings is 1. The average Bonchev–Trinajstić information content (AvgIpc) is 2.95. The van der Waals surface area contributed by atoms with Crippen LogP contribution in [0.3, 0.4) is 0 Å². The number of amides is 1. The molecule has 1 fully saturated rings. The van der Waals surface area contributed by atoms with E-state index in [0.29, 0.717) is 29.9 Å². The van der Waals surface area contributed by atoms with Crippen LogP contribution >= 0.6 is 22.9 Å². The SMILES string of the molecule is O=C(O)CCC(=O)OC1CCCN(C(=O)Cn2c(=O)sc3ccc(Cl)cc32)C1. The number of aliphatic carboxylic acids is 1. The number of halogens is 1. The predicted molar refractivity (Wildman–Crippen MR) is 104 cm³/mol. The lowest BCUT2D eigenvalue weighted by atomic mass is 10.1. The molecule has 3 rings (SSSR count). The van der Waals surface area contributed by atoms with Crippen molar-refractivity contribution >= 4 is 51.0 Å². The highest BCUT2D eigenvalue weighted by Crippen LogP contribution is 2.22. The van der Waals surface area contributed by atoms with Crippen LogP contribution in [0.1, 0.15) is 25.7 Å². The molecule has 1 aliphatic heterocycles. The summed E-state index contributed by atoms with van der Waals surface area (Å²) in [6, 6.07) is 5.10. The van der Waals surface area contributed by atoms with E-state index in [2.05, 4.69) is 0 Å². The molecule has 10 heteroatoms. The number of hydrogen-bond donors (Lipinski definition) is 1. The highest BCUT2D eigenvalue weighted by atomic mass is 35.5. The van der Waals surface area contributed by atoms with Gasteiger partial charge in [-0.3, -0.25) is 23.7 Å². The Bertz CT molecular complexity index is 969. The Kier molecular flexibility index (Phi) is 6.35. The number of carboxylic acid groups (broad SMARTS) is 1. The number of likely N-dealkylation sites (tertiary alicyclic amines) is 1. The molecule has 8 nitrogen and oxygen atoms in total. The van der Waals surface area contributed by atoms with E-state index >= 15 is 0 Å². The van der Waals surface area contributed by atoms with Crippen LogP contribution in [-0.2, 0) is 25.7 Å². The van der Waals surface area contributed by atoms with Crippen molar-refractivity contribution in [3.8, 4) is 0 Å². The Morgan fingerprint density at radius 2 is 2.07 bits per heavy atom. The van der Waals surface area contributed by atoms with Gasteiger partial charge in [-0.05, 0) is 31.0 Å². The molecule has 0 radical (unpaired) electrons. The molecule has 150 valence electrons. The van der Waals surface area contributed by atoms with Gasteiger partial charge in [0.15, 0.2) is 0 Å². The Morgan fingerprint density at radius 1 is 1.29 bits per heavy atom. The minimum atomic E-state index is -1.06. The topological polar surface area (TPSA) is 106 Å². The average molecular weight is 427 g/mol. The summed E-state index contributed by atoms with van der Waals surface area (Å²) < 4.78 is 7.44. The number of carbonyl (C=O) groups is 3. The van der Waals surface area contributed by atoms with Gasteiger partial charge < -0.3 is 14.7 Å². The molecule has 1 amide bonds. The summed E-state index contributed by atoms with van der Waals surface area (Å²) in [7, 11) is 0. The molecule has 0 aliphatic carbocycles. The molecular formula is C18H19ClN2O6S. The summed E-state index contributed by atoms with van der Waals surface area (Å²) in [5.41, 5.74) is 0.615. The van der Waals surface area contributed by atoms with Gasteiger partial charge >= 0.3 is 16.8 Å². The molecule has 1 N–H and O–H groups in total. The Morgan fingerprint density at radius 3 is 2.82 bits per heavy atom. The third-order valence-corrected chi connectivity index (χ3v) is 5.69. The molecule has 1 aliphatic rings. The van der Waals surface area contributed by atoms with Crippen molar-refractivity contribution in [2.24, 2.45) is 0 Å². The third kappa shape index (κ3) is 4.90. The van der Waals surface area contributed by atoms with Crippen LogP contribution in [0.4, 0.5) is 0 Å².